The van der Waals surface area contributed by atoms with Gasteiger partial charge in [-0.15, -0.1) is 0 Å². The number of likely N-dealkylation sites (tertiary alicyclic amines) is 1. The summed E-state index contributed by atoms with van der Waals surface area (Å²) in [6.07, 6.45) is 1.44. The lowest BCUT2D eigenvalue weighted by molar-refractivity contribution is 0.0655. The van der Waals surface area contributed by atoms with Gasteiger partial charge in [0.25, 0.3) is 11.8 Å². The highest BCUT2D eigenvalue weighted by Gasteiger charge is 2.26. The molecule has 1 saturated heterocycles. The topological polar surface area (TPSA) is 58.6 Å². The van der Waals surface area contributed by atoms with E-state index in [-0.39, 0.29) is 23.4 Å². The van der Waals surface area contributed by atoms with E-state index in [4.69, 9.17) is 4.74 Å². The van der Waals surface area contributed by atoms with Gasteiger partial charge >= 0.3 is 0 Å². The summed E-state index contributed by atoms with van der Waals surface area (Å²) in [5.74, 6) is -1.01. The predicted octanol–water partition coefficient (Wildman–Crippen LogP) is 4.03. The van der Waals surface area contributed by atoms with Gasteiger partial charge < -0.3 is 15.0 Å². The molecular formula is C23H26F2N2O3. The summed E-state index contributed by atoms with van der Waals surface area (Å²) in [5.41, 5.74) is 0.346. The Bertz CT molecular complexity index is 892. The van der Waals surface area contributed by atoms with Crippen LogP contribution in [-0.4, -0.2) is 42.5 Å². The van der Waals surface area contributed by atoms with Crippen molar-refractivity contribution in [2.45, 2.75) is 32.7 Å². The van der Waals surface area contributed by atoms with E-state index in [9.17, 15) is 18.4 Å². The van der Waals surface area contributed by atoms with Crippen LogP contribution in [0.3, 0.4) is 0 Å². The van der Waals surface area contributed by atoms with Gasteiger partial charge in [0.1, 0.15) is 17.4 Å². The predicted molar refractivity (Wildman–Crippen MR) is 110 cm³/mol. The van der Waals surface area contributed by atoms with Crippen molar-refractivity contribution in [1.29, 1.82) is 0 Å². The first-order chi connectivity index (χ1) is 14.3. The number of hydrogen-bond acceptors (Lipinski definition) is 3. The third-order valence-corrected chi connectivity index (χ3v) is 5.08. The summed E-state index contributed by atoms with van der Waals surface area (Å²) in [7, 11) is 0. The number of halogens is 2. The van der Waals surface area contributed by atoms with Gasteiger partial charge in [-0.05, 0) is 75.1 Å². The van der Waals surface area contributed by atoms with Crippen molar-refractivity contribution >= 4 is 11.8 Å². The van der Waals surface area contributed by atoms with Crippen molar-refractivity contribution in [2.24, 2.45) is 5.92 Å². The lowest BCUT2D eigenvalue weighted by Gasteiger charge is -2.32. The number of hydrogen-bond donors (Lipinski definition) is 1. The van der Waals surface area contributed by atoms with Gasteiger partial charge in [0.05, 0.1) is 12.2 Å². The Kier molecular flexibility index (Phi) is 7.03. The van der Waals surface area contributed by atoms with Crippen molar-refractivity contribution in [3.8, 4) is 5.75 Å². The maximum Gasteiger partial charge on any atom is 0.256 e. The SMILES string of the molecule is CC(C)NC(=O)c1ccc(OCC2CCN(C(=O)c3cc(F)ccc3F)CC2)cc1. The van der Waals surface area contributed by atoms with Crippen LogP contribution < -0.4 is 10.1 Å². The summed E-state index contributed by atoms with van der Waals surface area (Å²) < 4.78 is 33.0. The van der Waals surface area contributed by atoms with E-state index in [1.54, 1.807) is 29.2 Å². The van der Waals surface area contributed by atoms with Crippen LogP contribution in [0.2, 0.25) is 0 Å². The Morgan fingerprint density at radius 2 is 1.77 bits per heavy atom. The van der Waals surface area contributed by atoms with Crippen LogP contribution in [0.1, 0.15) is 47.4 Å². The van der Waals surface area contributed by atoms with E-state index in [1.807, 2.05) is 13.8 Å². The zero-order valence-corrected chi connectivity index (χ0v) is 17.2. The van der Waals surface area contributed by atoms with Crippen molar-refractivity contribution in [2.75, 3.05) is 19.7 Å². The molecule has 5 nitrogen and oxygen atoms in total. The van der Waals surface area contributed by atoms with Gasteiger partial charge in [-0.25, -0.2) is 8.78 Å². The van der Waals surface area contributed by atoms with Gasteiger partial charge in [0, 0.05) is 24.7 Å². The lowest BCUT2D eigenvalue weighted by atomic mass is 9.97. The van der Waals surface area contributed by atoms with Crippen LogP contribution in [0.25, 0.3) is 0 Å². The fourth-order valence-electron chi connectivity index (χ4n) is 3.40. The third kappa shape index (κ3) is 5.55. The minimum atomic E-state index is -0.711. The van der Waals surface area contributed by atoms with Crippen LogP contribution in [-0.2, 0) is 0 Å². The molecule has 0 aromatic heterocycles. The molecular weight excluding hydrogens is 390 g/mol. The molecule has 0 unspecified atom stereocenters. The molecule has 30 heavy (non-hydrogen) atoms. The molecule has 0 spiro atoms. The van der Waals surface area contributed by atoms with E-state index in [0.717, 1.165) is 31.0 Å². The summed E-state index contributed by atoms with van der Waals surface area (Å²) in [5, 5.41) is 2.84. The molecule has 2 aromatic carbocycles. The fraction of sp³-hybridized carbons (Fsp3) is 0.391. The summed E-state index contributed by atoms with van der Waals surface area (Å²) >= 11 is 0. The van der Waals surface area contributed by atoms with Crippen LogP contribution in [0.4, 0.5) is 8.78 Å². The quantitative estimate of drug-likeness (QED) is 0.773. The lowest BCUT2D eigenvalue weighted by Crippen LogP contribution is -2.40. The molecule has 2 amide bonds. The molecule has 0 radical (unpaired) electrons. The normalized spacial score (nSPS) is 14.6. The Balaban J connectivity index is 1.47. The number of rotatable bonds is 6. The Morgan fingerprint density at radius 3 is 2.40 bits per heavy atom. The highest BCUT2D eigenvalue weighted by molar-refractivity contribution is 5.95. The first kappa shape index (κ1) is 21.7. The second-order valence-electron chi connectivity index (χ2n) is 7.82. The molecule has 160 valence electrons. The number of nitrogens with zero attached hydrogens (tertiary/aromatic N) is 1. The van der Waals surface area contributed by atoms with Crippen LogP contribution in [0.5, 0.6) is 5.75 Å². The molecule has 7 heteroatoms. The van der Waals surface area contributed by atoms with E-state index >= 15 is 0 Å². The molecule has 1 N–H and O–H groups in total. The molecule has 2 aromatic rings. The summed E-state index contributed by atoms with van der Waals surface area (Å²) in [6, 6.07) is 9.96. The van der Waals surface area contributed by atoms with E-state index in [2.05, 4.69) is 5.32 Å². The first-order valence-electron chi connectivity index (χ1n) is 10.1. The maximum atomic E-state index is 13.8. The van der Waals surface area contributed by atoms with Crippen molar-refractivity contribution in [1.82, 2.24) is 10.2 Å². The number of ether oxygens (including phenoxy) is 1. The van der Waals surface area contributed by atoms with E-state index in [0.29, 0.717) is 31.0 Å². The molecule has 1 heterocycles. The number of amides is 2. The van der Waals surface area contributed by atoms with Crippen molar-refractivity contribution in [3.05, 3.63) is 65.2 Å². The fourth-order valence-corrected chi connectivity index (χ4v) is 3.40. The van der Waals surface area contributed by atoms with Gasteiger partial charge in [0.2, 0.25) is 0 Å². The molecule has 0 bridgehead atoms. The zero-order chi connectivity index (χ0) is 21.7. The van der Waals surface area contributed by atoms with Crippen molar-refractivity contribution < 1.29 is 23.1 Å². The molecule has 0 atom stereocenters. The van der Waals surface area contributed by atoms with Crippen LogP contribution in [0.15, 0.2) is 42.5 Å². The minimum Gasteiger partial charge on any atom is -0.493 e. The van der Waals surface area contributed by atoms with Crippen LogP contribution >= 0.6 is 0 Å². The largest absolute Gasteiger partial charge is 0.493 e. The monoisotopic (exact) mass is 416 g/mol. The highest BCUT2D eigenvalue weighted by Crippen LogP contribution is 2.22. The molecule has 3 rings (SSSR count). The third-order valence-electron chi connectivity index (χ3n) is 5.08. The van der Waals surface area contributed by atoms with Gasteiger partial charge in [-0.1, -0.05) is 0 Å². The minimum absolute atomic E-state index is 0.0728. The molecule has 1 aliphatic heterocycles. The number of nitrogens with one attached hydrogen (secondary N) is 1. The van der Waals surface area contributed by atoms with Crippen LogP contribution in [0, 0.1) is 17.6 Å². The number of carbonyl (C=O) groups is 2. The Hall–Kier alpha value is -2.96. The van der Waals surface area contributed by atoms with E-state index in [1.165, 1.54) is 0 Å². The smallest absolute Gasteiger partial charge is 0.256 e. The number of carbonyl (C=O) groups excluding carboxylic acids is 2. The van der Waals surface area contributed by atoms with E-state index < -0.39 is 17.5 Å². The number of benzene rings is 2. The molecule has 0 saturated carbocycles. The molecule has 1 fully saturated rings. The Labute approximate surface area is 175 Å². The average molecular weight is 416 g/mol. The first-order valence-corrected chi connectivity index (χ1v) is 10.1. The number of piperidine rings is 1. The van der Waals surface area contributed by atoms with Crippen molar-refractivity contribution in [3.63, 3.8) is 0 Å². The summed E-state index contributed by atoms with van der Waals surface area (Å²) in [6.45, 7) is 5.24. The Morgan fingerprint density at radius 1 is 1.10 bits per heavy atom. The summed E-state index contributed by atoms with van der Waals surface area (Å²) in [4.78, 5) is 26.0. The maximum absolute atomic E-state index is 13.8. The molecule has 1 aliphatic rings. The second kappa shape index (κ2) is 9.69. The van der Waals surface area contributed by atoms with Gasteiger partial charge in [-0.3, -0.25) is 9.59 Å². The average Bonchev–Trinajstić information content (AvgIpc) is 2.73. The highest BCUT2D eigenvalue weighted by atomic mass is 19.1. The molecule has 0 aliphatic carbocycles. The second-order valence-corrected chi connectivity index (χ2v) is 7.82. The zero-order valence-electron chi connectivity index (χ0n) is 17.2. The van der Waals surface area contributed by atoms with Gasteiger partial charge in [-0.2, -0.15) is 0 Å². The van der Waals surface area contributed by atoms with Gasteiger partial charge in [0.15, 0.2) is 0 Å². The standard InChI is InChI=1S/C23H26F2N2O3/c1-15(2)26-22(28)17-3-6-19(7-4-17)30-14-16-9-11-27(12-10-16)23(29)20-13-18(24)5-8-21(20)25/h3-8,13,15-16H,9-12,14H2,1-2H3,(H,26,28).